The maximum atomic E-state index is 14.4. The average Bonchev–Trinajstić information content (AvgIpc) is 3.25. The first-order chi connectivity index (χ1) is 17.0. The second-order valence-electron chi connectivity index (χ2n) is 9.36. The standard InChI is InChI=1S/C25H32FN7OS/c1-2-35-25-30-22-20(26)4-3-5-21(22)33(25)19-8-12-32(13-9-19)23(34)18-6-10-31(11-7-18)16-17-14-28-24(27)29-15-17/h3-5,14-15,18-19H,2,6-13,16H2,1H3,(H2,27,28,29). The zero-order chi connectivity index (χ0) is 24.4. The SMILES string of the molecule is CCSc1nc2c(F)cccc2n1C1CCN(C(=O)C2CCN(Cc3cnc(N)nc3)CC2)CC1. The molecule has 10 heteroatoms. The van der Waals surface area contributed by atoms with Gasteiger partial charge in [-0.15, -0.1) is 0 Å². The molecule has 0 spiro atoms. The number of carbonyl (C=O) groups is 1. The summed E-state index contributed by atoms with van der Waals surface area (Å²) < 4.78 is 16.6. The predicted molar refractivity (Wildman–Crippen MR) is 135 cm³/mol. The van der Waals surface area contributed by atoms with Gasteiger partial charge in [0.1, 0.15) is 5.52 Å². The minimum Gasteiger partial charge on any atom is -0.368 e. The van der Waals surface area contributed by atoms with E-state index in [1.807, 2.05) is 11.0 Å². The van der Waals surface area contributed by atoms with Crippen LogP contribution in [0.4, 0.5) is 10.3 Å². The van der Waals surface area contributed by atoms with E-state index in [0.717, 1.165) is 80.4 Å². The third kappa shape index (κ3) is 5.13. The monoisotopic (exact) mass is 497 g/mol. The fourth-order valence-electron chi connectivity index (χ4n) is 5.29. The molecule has 2 aliphatic rings. The number of halogens is 1. The zero-order valence-electron chi connectivity index (χ0n) is 20.1. The molecule has 1 aromatic carbocycles. The molecule has 3 aromatic rings. The summed E-state index contributed by atoms with van der Waals surface area (Å²) in [5, 5.41) is 0.872. The molecular formula is C25H32FN7OS. The summed E-state index contributed by atoms with van der Waals surface area (Å²) in [6.07, 6.45) is 7.01. The van der Waals surface area contributed by atoms with Gasteiger partial charge in [0, 0.05) is 49.6 Å². The summed E-state index contributed by atoms with van der Waals surface area (Å²) >= 11 is 1.65. The number of aromatic nitrogens is 4. The highest BCUT2D eigenvalue weighted by Crippen LogP contribution is 2.34. The van der Waals surface area contributed by atoms with Crippen LogP contribution in [0.2, 0.25) is 0 Å². The van der Waals surface area contributed by atoms with Crippen molar-refractivity contribution in [1.82, 2.24) is 29.3 Å². The highest BCUT2D eigenvalue weighted by Gasteiger charge is 2.32. The number of para-hydroxylation sites is 1. The molecule has 2 aliphatic heterocycles. The minimum absolute atomic E-state index is 0.0832. The number of hydrogen-bond acceptors (Lipinski definition) is 7. The number of hydrogen-bond donors (Lipinski definition) is 1. The summed E-state index contributed by atoms with van der Waals surface area (Å²) in [5.74, 6) is 1.26. The van der Waals surface area contributed by atoms with Gasteiger partial charge >= 0.3 is 0 Å². The van der Waals surface area contributed by atoms with E-state index in [1.54, 1.807) is 30.2 Å². The topological polar surface area (TPSA) is 93.2 Å². The molecule has 2 aromatic heterocycles. The van der Waals surface area contributed by atoms with Crippen LogP contribution in [0.15, 0.2) is 35.7 Å². The lowest BCUT2D eigenvalue weighted by Gasteiger charge is -2.38. The molecule has 35 heavy (non-hydrogen) atoms. The summed E-state index contributed by atoms with van der Waals surface area (Å²) in [7, 11) is 0. The number of imidazole rings is 1. The van der Waals surface area contributed by atoms with Crippen molar-refractivity contribution >= 4 is 34.7 Å². The fraction of sp³-hybridized carbons (Fsp3) is 0.520. The molecule has 5 rings (SSSR count). The van der Waals surface area contributed by atoms with Crippen LogP contribution in [0.5, 0.6) is 0 Å². The molecule has 2 fully saturated rings. The number of fused-ring (bicyclic) bond motifs is 1. The Morgan fingerprint density at radius 1 is 1.11 bits per heavy atom. The molecule has 0 saturated carbocycles. The summed E-state index contributed by atoms with van der Waals surface area (Å²) in [4.78, 5) is 30.4. The van der Waals surface area contributed by atoms with E-state index in [2.05, 4.69) is 31.3 Å². The molecule has 4 heterocycles. The van der Waals surface area contributed by atoms with Gasteiger partial charge in [0.25, 0.3) is 0 Å². The summed E-state index contributed by atoms with van der Waals surface area (Å²) in [6, 6.07) is 5.40. The lowest BCUT2D eigenvalue weighted by atomic mass is 9.93. The number of piperidine rings is 2. The highest BCUT2D eigenvalue weighted by molar-refractivity contribution is 7.99. The number of carbonyl (C=O) groups excluding carboxylic acids is 1. The summed E-state index contributed by atoms with van der Waals surface area (Å²) in [6.45, 7) is 6.11. The molecule has 8 nitrogen and oxygen atoms in total. The number of nitrogen functional groups attached to an aromatic ring is 1. The number of likely N-dealkylation sites (tertiary alicyclic amines) is 2. The molecule has 1 amide bonds. The molecule has 2 saturated heterocycles. The predicted octanol–water partition coefficient (Wildman–Crippen LogP) is 3.74. The van der Waals surface area contributed by atoms with E-state index in [9.17, 15) is 9.18 Å². The van der Waals surface area contributed by atoms with Crippen LogP contribution in [0.1, 0.15) is 44.2 Å². The van der Waals surface area contributed by atoms with Gasteiger partial charge in [0.2, 0.25) is 11.9 Å². The van der Waals surface area contributed by atoms with E-state index in [-0.39, 0.29) is 29.6 Å². The molecule has 0 radical (unpaired) electrons. The Hall–Kier alpha value is -2.72. The van der Waals surface area contributed by atoms with Crippen molar-refractivity contribution < 1.29 is 9.18 Å². The van der Waals surface area contributed by atoms with E-state index < -0.39 is 0 Å². The Morgan fingerprint density at radius 3 is 2.51 bits per heavy atom. The first kappa shape index (κ1) is 24.0. The van der Waals surface area contributed by atoms with Crippen LogP contribution >= 0.6 is 11.8 Å². The number of benzene rings is 1. The molecule has 0 bridgehead atoms. The van der Waals surface area contributed by atoms with Gasteiger partial charge in [-0.3, -0.25) is 9.69 Å². The Balaban J connectivity index is 1.17. The van der Waals surface area contributed by atoms with Gasteiger partial charge in [-0.2, -0.15) is 0 Å². The van der Waals surface area contributed by atoms with Crippen LogP contribution in [0.3, 0.4) is 0 Å². The molecule has 0 aliphatic carbocycles. The van der Waals surface area contributed by atoms with Gasteiger partial charge in [-0.1, -0.05) is 24.8 Å². The van der Waals surface area contributed by atoms with E-state index >= 15 is 0 Å². The number of rotatable bonds is 6. The van der Waals surface area contributed by atoms with Crippen molar-refractivity contribution in [3.8, 4) is 0 Å². The number of amides is 1. The van der Waals surface area contributed by atoms with Crippen molar-refractivity contribution in [3.05, 3.63) is 42.0 Å². The Bertz CT molecular complexity index is 1170. The molecule has 0 unspecified atom stereocenters. The van der Waals surface area contributed by atoms with Gasteiger partial charge in [-0.25, -0.2) is 19.3 Å². The van der Waals surface area contributed by atoms with Crippen molar-refractivity contribution in [1.29, 1.82) is 0 Å². The second kappa shape index (κ2) is 10.5. The lowest BCUT2D eigenvalue weighted by Crippen LogP contribution is -2.45. The quantitative estimate of drug-likeness (QED) is 0.519. The van der Waals surface area contributed by atoms with Gasteiger partial charge < -0.3 is 15.2 Å². The van der Waals surface area contributed by atoms with Crippen LogP contribution in [0.25, 0.3) is 11.0 Å². The number of nitrogens with two attached hydrogens (primary N) is 1. The molecule has 186 valence electrons. The Kier molecular flexibility index (Phi) is 7.19. The maximum absolute atomic E-state index is 14.4. The largest absolute Gasteiger partial charge is 0.368 e. The molecule has 0 atom stereocenters. The minimum atomic E-state index is -0.276. The number of anilines is 1. The van der Waals surface area contributed by atoms with E-state index in [4.69, 9.17) is 5.73 Å². The van der Waals surface area contributed by atoms with Crippen molar-refractivity contribution in [2.45, 2.75) is 50.4 Å². The first-order valence-electron chi connectivity index (χ1n) is 12.4. The Labute approximate surface area is 209 Å². The van der Waals surface area contributed by atoms with Crippen LogP contribution in [0, 0.1) is 11.7 Å². The summed E-state index contributed by atoms with van der Waals surface area (Å²) in [5.41, 5.74) is 7.91. The fourth-order valence-corrected chi connectivity index (χ4v) is 6.09. The number of nitrogens with zero attached hydrogens (tertiary/aromatic N) is 6. The van der Waals surface area contributed by atoms with Crippen LogP contribution in [-0.2, 0) is 11.3 Å². The first-order valence-corrected chi connectivity index (χ1v) is 13.4. The number of thioether (sulfide) groups is 1. The van der Waals surface area contributed by atoms with Crippen LogP contribution < -0.4 is 5.73 Å². The van der Waals surface area contributed by atoms with Gasteiger partial charge in [0.05, 0.1) is 5.52 Å². The average molecular weight is 498 g/mol. The smallest absolute Gasteiger partial charge is 0.225 e. The van der Waals surface area contributed by atoms with E-state index in [1.165, 1.54) is 6.07 Å². The third-order valence-electron chi connectivity index (χ3n) is 7.12. The van der Waals surface area contributed by atoms with Crippen molar-refractivity contribution in [3.63, 3.8) is 0 Å². The molecule has 2 N–H and O–H groups in total. The second-order valence-corrected chi connectivity index (χ2v) is 10.6. The lowest BCUT2D eigenvalue weighted by molar-refractivity contribution is -0.138. The Morgan fingerprint density at radius 2 is 1.83 bits per heavy atom. The highest BCUT2D eigenvalue weighted by atomic mass is 32.2. The van der Waals surface area contributed by atoms with Crippen molar-refractivity contribution in [2.24, 2.45) is 5.92 Å². The van der Waals surface area contributed by atoms with Gasteiger partial charge in [-0.05, 0) is 56.7 Å². The zero-order valence-corrected chi connectivity index (χ0v) is 20.9. The maximum Gasteiger partial charge on any atom is 0.225 e. The van der Waals surface area contributed by atoms with Crippen molar-refractivity contribution in [2.75, 3.05) is 37.7 Å². The van der Waals surface area contributed by atoms with Gasteiger partial charge in [0.15, 0.2) is 11.0 Å². The molecular weight excluding hydrogens is 465 g/mol. The van der Waals surface area contributed by atoms with Crippen LogP contribution in [-0.4, -0.2) is 67.2 Å². The third-order valence-corrected chi connectivity index (χ3v) is 7.96. The normalized spacial score (nSPS) is 18.4. The van der Waals surface area contributed by atoms with E-state index in [0.29, 0.717) is 5.52 Å².